The minimum atomic E-state index is -4.10. The van der Waals surface area contributed by atoms with Gasteiger partial charge in [-0.2, -0.15) is 0 Å². The van der Waals surface area contributed by atoms with Crippen LogP contribution in [0.15, 0.2) is 94.3 Å². The van der Waals surface area contributed by atoms with E-state index in [2.05, 4.69) is 40.8 Å². The van der Waals surface area contributed by atoms with E-state index in [9.17, 15) is 17.6 Å². The normalized spacial score (nSPS) is 13.9. The van der Waals surface area contributed by atoms with Crippen LogP contribution >= 0.6 is 15.9 Å². The zero-order chi connectivity index (χ0) is 30.4. The van der Waals surface area contributed by atoms with Crippen molar-refractivity contribution >= 4 is 43.4 Å². The topological polar surface area (TPSA) is 104 Å². The number of hydrogen-bond acceptors (Lipinski definition) is 7. The molecule has 0 atom stereocenters. The fourth-order valence-electron chi connectivity index (χ4n) is 4.62. The van der Waals surface area contributed by atoms with Crippen LogP contribution in [0.4, 0.5) is 15.9 Å². The highest BCUT2D eigenvalue weighted by Crippen LogP contribution is 2.32. The number of carbonyl (C=O) groups excluding carboxylic acids is 1. The Balaban J connectivity index is 1.14. The highest BCUT2D eigenvalue weighted by Gasteiger charge is 2.20. The number of halogens is 2. The molecule has 9 nitrogen and oxygen atoms in total. The number of aromatic nitrogens is 1. The number of aryl methyl sites for hydroxylation is 1. The van der Waals surface area contributed by atoms with Crippen molar-refractivity contribution < 1.29 is 22.3 Å². The number of benzene rings is 3. The van der Waals surface area contributed by atoms with Gasteiger partial charge in [0, 0.05) is 61.1 Å². The number of nitrogens with zero attached hydrogens (tertiary/aromatic N) is 3. The molecule has 1 aliphatic heterocycles. The maximum atomic E-state index is 14.0. The molecule has 2 heterocycles. The van der Waals surface area contributed by atoms with Crippen molar-refractivity contribution in [3.63, 3.8) is 0 Å². The lowest BCUT2D eigenvalue weighted by Gasteiger charge is -2.35. The molecular weight excluding hydrogens is 637 g/mol. The van der Waals surface area contributed by atoms with E-state index in [-0.39, 0.29) is 22.2 Å². The maximum Gasteiger partial charge on any atom is 0.262 e. The van der Waals surface area contributed by atoms with Crippen LogP contribution in [-0.2, 0) is 10.0 Å². The number of amides is 1. The Morgan fingerprint density at radius 2 is 1.70 bits per heavy atom. The number of anilines is 2. The SMILES string of the molecule is Cc1cccc(N2CCN(CCNC(=O)c3ccc(S(=O)(=O)Nc4cc(F)ccc4Oc4ccc(Br)cc4)cc3)CC2)n1. The van der Waals surface area contributed by atoms with E-state index >= 15 is 0 Å². The van der Waals surface area contributed by atoms with Crippen molar-refractivity contribution in [2.24, 2.45) is 0 Å². The lowest BCUT2D eigenvalue weighted by atomic mass is 10.2. The fraction of sp³-hybridized carbons (Fsp3) is 0.226. The van der Waals surface area contributed by atoms with Crippen LogP contribution in [0.5, 0.6) is 11.5 Å². The smallest absolute Gasteiger partial charge is 0.262 e. The molecule has 1 aromatic heterocycles. The Morgan fingerprint density at radius 1 is 0.977 bits per heavy atom. The molecule has 0 spiro atoms. The number of sulfonamides is 1. The van der Waals surface area contributed by atoms with Gasteiger partial charge in [-0.25, -0.2) is 17.8 Å². The van der Waals surface area contributed by atoms with Crippen LogP contribution in [0.2, 0.25) is 0 Å². The fourth-order valence-corrected chi connectivity index (χ4v) is 5.95. The molecule has 1 fully saturated rings. The Labute approximate surface area is 258 Å². The third kappa shape index (κ3) is 8.09. The average Bonchev–Trinajstić information content (AvgIpc) is 3.00. The van der Waals surface area contributed by atoms with Crippen molar-refractivity contribution in [1.82, 2.24) is 15.2 Å². The molecular formula is C31H31BrFN5O4S. The first-order valence-corrected chi connectivity index (χ1v) is 16.0. The largest absolute Gasteiger partial charge is 0.455 e. The monoisotopic (exact) mass is 667 g/mol. The van der Waals surface area contributed by atoms with Gasteiger partial charge in [-0.3, -0.25) is 14.4 Å². The van der Waals surface area contributed by atoms with Crippen LogP contribution in [0.3, 0.4) is 0 Å². The highest BCUT2D eigenvalue weighted by molar-refractivity contribution is 9.10. The Morgan fingerprint density at radius 3 is 2.40 bits per heavy atom. The van der Waals surface area contributed by atoms with Crippen LogP contribution in [0.25, 0.3) is 0 Å². The van der Waals surface area contributed by atoms with E-state index in [1.807, 2.05) is 25.1 Å². The Kier molecular flexibility index (Phi) is 9.59. The van der Waals surface area contributed by atoms with Gasteiger partial charge in [-0.15, -0.1) is 0 Å². The molecule has 0 radical (unpaired) electrons. The first-order valence-electron chi connectivity index (χ1n) is 13.7. The Bertz CT molecular complexity index is 1680. The first-order chi connectivity index (χ1) is 20.7. The highest BCUT2D eigenvalue weighted by atomic mass is 79.9. The van der Waals surface area contributed by atoms with Gasteiger partial charge >= 0.3 is 0 Å². The second kappa shape index (κ2) is 13.5. The molecule has 43 heavy (non-hydrogen) atoms. The summed E-state index contributed by atoms with van der Waals surface area (Å²) in [7, 11) is -4.10. The first kappa shape index (κ1) is 30.5. The van der Waals surface area contributed by atoms with Crippen LogP contribution in [-0.4, -0.2) is 63.5 Å². The second-order valence-corrected chi connectivity index (χ2v) is 12.6. The number of piperazine rings is 1. The maximum absolute atomic E-state index is 14.0. The molecule has 224 valence electrons. The molecule has 4 aromatic rings. The van der Waals surface area contributed by atoms with Crippen LogP contribution in [0, 0.1) is 12.7 Å². The summed E-state index contributed by atoms with van der Waals surface area (Å²) >= 11 is 3.35. The van der Waals surface area contributed by atoms with E-state index in [1.165, 1.54) is 36.4 Å². The summed E-state index contributed by atoms with van der Waals surface area (Å²) in [6.07, 6.45) is 0. The minimum Gasteiger partial charge on any atom is -0.455 e. The zero-order valence-corrected chi connectivity index (χ0v) is 25.9. The predicted molar refractivity (Wildman–Crippen MR) is 168 cm³/mol. The van der Waals surface area contributed by atoms with E-state index in [0.717, 1.165) is 48.2 Å². The number of nitrogens with one attached hydrogen (secondary N) is 2. The van der Waals surface area contributed by atoms with Crippen molar-refractivity contribution in [3.8, 4) is 11.5 Å². The lowest BCUT2D eigenvalue weighted by Crippen LogP contribution is -2.48. The van der Waals surface area contributed by atoms with E-state index in [1.54, 1.807) is 24.3 Å². The van der Waals surface area contributed by atoms with Gasteiger partial charge in [-0.1, -0.05) is 22.0 Å². The van der Waals surface area contributed by atoms with Crippen LogP contribution < -0.4 is 19.7 Å². The quantitative estimate of drug-likeness (QED) is 0.232. The number of ether oxygens (including phenoxy) is 1. The summed E-state index contributed by atoms with van der Waals surface area (Å²) in [5.74, 6) is 0.649. The molecule has 1 aliphatic rings. The van der Waals surface area contributed by atoms with Crippen molar-refractivity contribution in [1.29, 1.82) is 0 Å². The van der Waals surface area contributed by atoms with Gasteiger partial charge < -0.3 is 15.0 Å². The van der Waals surface area contributed by atoms with Gasteiger partial charge in [0.1, 0.15) is 17.4 Å². The van der Waals surface area contributed by atoms with Crippen LogP contribution in [0.1, 0.15) is 16.1 Å². The summed E-state index contributed by atoms with van der Waals surface area (Å²) in [4.78, 5) is 21.8. The van der Waals surface area contributed by atoms with Gasteiger partial charge in [0.2, 0.25) is 0 Å². The number of pyridine rings is 1. The molecule has 1 amide bonds. The minimum absolute atomic E-state index is 0.0549. The summed E-state index contributed by atoms with van der Waals surface area (Å²) in [5.41, 5.74) is 1.27. The number of carbonyl (C=O) groups is 1. The molecule has 5 rings (SSSR count). The van der Waals surface area contributed by atoms with E-state index < -0.39 is 15.8 Å². The lowest BCUT2D eigenvalue weighted by molar-refractivity contribution is 0.0947. The molecule has 0 saturated carbocycles. The standard InChI is InChI=1S/C31H31BrFN5O4S/c1-22-3-2-4-30(35-22)38-19-17-37(18-20-38)16-15-34-31(39)23-5-12-27(13-6-23)43(40,41)36-28-21-25(33)9-14-29(28)42-26-10-7-24(32)8-11-26/h2-14,21,36H,15-20H2,1H3,(H,34,39). The van der Waals surface area contributed by atoms with Crippen molar-refractivity contribution in [2.75, 3.05) is 48.9 Å². The Hall–Kier alpha value is -4.00. The van der Waals surface area contributed by atoms with Gasteiger partial charge in [0.05, 0.1) is 10.6 Å². The van der Waals surface area contributed by atoms with E-state index in [0.29, 0.717) is 24.4 Å². The van der Waals surface area contributed by atoms with Gasteiger partial charge in [0.25, 0.3) is 15.9 Å². The predicted octanol–water partition coefficient (Wildman–Crippen LogP) is 5.44. The molecule has 12 heteroatoms. The summed E-state index contributed by atoms with van der Waals surface area (Å²) in [6, 6.07) is 22.1. The molecule has 0 bridgehead atoms. The number of hydrogen-bond donors (Lipinski definition) is 2. The number of rotatable bonds is 10. The molecule has 2 N–H and O–H groups in total. The summed E-state index contributed by atoms with van der Waals surface area (Å²) in [6.45, 7) is 6.61. The third-order valence-electron chi connectivity index (χ3n) is 6.94. The summed E-state index contributed by atoms with van der Waals surface area (Å²) < 4.78 is 49.3. The summed E-state index contributed by atoms with van der Waals surface area (Å²) in [5, 5.41) is 2.90. The zero-order valence-electron chi connectivity index (χ0n) is 23.5. The van der Waals surface area contributed by atoms with E-state index in [4.69, 9.17) is 4.74 Å². The average molecular weight is 669 g/mol. The second-order valence-electron chi connectivity index (χ2n) is 10.0. The molecule has 3 aromatic carbocycles. The third-order valence-corrected chi connectivity index (χ3v) is 8.85. The van der Waals surface area contributed by atoms with Crippen molar-refractivity contribution in [3.05, 3.63) is 106 Å². The van der Waals surface area contributed by atoms with Gasteiger partial charge in [-0.05, 0) is 79.7 Å². The molecule has 0 unspecified atom stereocenters. The van der Waals surface area contributed by atoms with Crippen molar-refractivity contribution in [2.45, 2.75) is 11.8 Å². The van der Waals surface area contributed by atoms with Gasteiger partial charge in [0.15, 0.2) is 5.75 Å². The molecule has 1 saturated heterocycles. The molecule has 0 aliphatic carbocycles.